The number of aromatic nitrogens is 1. The highest BCUT2D eigenvalue weighted by atomic mass is 35.5. The maximum Gasteiger partial charge on any atom is 0.177 e. The average molecular weight is 522 g/mol. The molecule has 33 heavy (non-hydrogen) atoms. The van der Waals surface area contributed by atoms with Crippen LogP contribution in [0.5, 0.6) is 11.5 Å². The molecule has 1 heterocycles. The molecule has 0 N–H and O–H groups in total. The summed E-state index contributed by atoms with van der Waals surface area (Å²) >= 11 is 12.5. The lowest BCUT2D eigenvalue weighted by Gasteiger charge is -2.13. The van der Waals surface area contributed by atoms with Gasteiger partial charge in [-0.05, 0) is 54.1 Å². The zero-order valence-corrected chi connectivity index (χ0v) is 20.6. The highest BCUT2D eigenvalue weighted by molar-refractivity contribution is 7.91. The van der Waals surface area contributed by atoms with Gasteiger partial charge in [0.1, 0.15) is 11.5 Å². The predicted octanol–water partition coefficient (Wildman–Crippen LogP) is 5.81. The van der Waals surface area contributed by atoms with Gasteiger partial charge in [-0.3, -0.25) is 4.98 Å². The van der Waals surface area contributed by atoms with Crippen molar-refractivity contribution < 1.29 is 21.6 Å². The van der Waals surface area contributed by atoms with Crippen LogP contribution in [0, 0.1) is 0 Å². The smallest absolute Gasteiger partial charge is 0.177 e. The summed E-state index contributed by atoms with van der Waals surface area (Å²) in [5, 5.41) is 1.25. The fourth-order valence-corrected chi connectivity index (χ4v) is 5.42. The molecule has 0 radical (unpaired) electrons. The summed E-state index contributed by atoms with van der Waals surface area (Å²) in [5.41, 5.74) is 1.61. The summed E-state index contributed by atoms with van der Waals surface area (Å²) in [4.78, 5) is 4.43. The third-order valence-electron chi connectivity index (χ3n) is 4.87. The van der Waals surface area contributed by atoms with E-state index in [1.54, 1.807) is 36.4 Å². The highest BCUT2D eigenvalue weighted by Gasteiger charge is 2.17. The number of fused-ring (bicyclic) bond motifs is 1. The molecule has 0 amide bonds. The Bertz CT molecular complexity index is 1620. The van der Waals surface area contributed by atoms with E-state index in [4.69, 9.17) is 27.9 Å². The van der Waals surface area contributed by atoms with Crippen LogP contribution in [0.15, 0.2) is 76.7 Å². The highest BCUT2D eigenvalue weighted by Crippen LogP contribution is 2.38. The van der Waals surface area contributed by atoms with Crippen LogP contribution in [0.1, 0.15) is 0 Å². The lowest BCUT2D eigenvalue weighted by Crippen LogP contribution is -2.00. The second-order valence-corrected chi connectivity index (χ2v) is 12.3. The quantitative estimate of drug-likeness (QED) is 0.329. The number of hydrogen-bond acceptors (Lipinski definition) is 6. The van der Waals surface area contributed by atoms with Gasteiger partial charge in [0.15, 0.2) is 19.7 Å². The topological polar surface area (TPSA) is 90.4 Å². The van der Waals surface area contributed by atoms with Gasteiger partial charge >= 0.3 is 0 Å². The first kappa shape index (κ1) is 23.5. The number of sulfone groups is 2. The van der Waals surface area contributed by atoms with Crippen LogP contribution in [-0.4, -0.2) is 34.3 Å². The van der Waals surface area contributed by atoms with Gasteiger partial charge in [0.25, 0.3) is 0 Å². The Morgan fingerprint density at radius 3 is 2.24 bits per heavy atom. The number of pyridine rings is 1. The Labute approximate surface area is 201 Å². The fourth-order valence-electron chi connectivity index (χ4n) is 3.40. The van der Waals surface area contributed by atoms with Crippen LogP contribution >= 0.6 is 23.2 Å². The number of para-hydroxylation sites is 1. The van der Waals surface area contributed by atoms with E-state index in [-0.39, 0.29) is 20.6 Å². The van der Waals surface area contributed by atoms with E-state index in [1.165, 1.54) is 30.5 Å². The molecule has 4 aromatic rings. The van der Waals surface area contributed by atoms with Gasteiger partial charge in [-0.25, -0.2) is 16.8 Å². The summed E-state index contributed by atoms with van der Waals surface area (Å²) in [6, 6.07) is 15.9. The van der Waals surface area contributed by atoms with E-state index in [9.17, 15) is 16.8 Å². The van der Waals surface area contributed by atoms with Gasteiger partial charge in [0.05, 0.1) is 15.3 Å². The second-order valence-electron chi connectivity index (χ2n) is 7.42. The van der Waals surface area contributed by atoms with E-state index in [1.807, 2.05) is 0 Å². The van der Waals surface area contributed by atoms with Crippen molar-refractivity contribution in [3.05, 3.63) is 76.9 Å². The normalized spacial score (nSPS) is 12.1. The fraction of sp³-hybridized carbons (Fsp3) is 0.0870. The molecule has 4 rings (SSSR count). The van der Waals surface area contributed by atoms with Gasteiger partial charge in [-0.2, -0.15) is 0 Å². The number of ether oxygens (including phenoxy) is 1. The molecule has 0 atom stereocenters. The molecular weight excluding hydrogens is 505 g/mol. The minimum Gasteiger partial charge on any atom is -0.457 e. The molecule has 0 saturated heterocycles. The van der Waals surface area contributed by atoms with Crippen LogP contribution in [0.3, 0.4) is 0 Å². The Morgan fingerprint density at radius 1 is 0.788 bits per heavy atom. The Hall–Kier alpha value is -2.65. The van der Waals surface area contributed by atoms with Crippen molar-refractivity contribution in [1.82, 2.24) is 4.98 Å². The van der Waals surface area contributed by atoms with E-state index >= 15 is 0 Å². The molecule has 0 unspecified atom stereocenters. The molecular formula is C23H17Cl2NO5S2. The third-order valence-corrected chi connectivity index (χ3v) is 7.64. The van der Waals surface area contributed by atoms with Gasteiger partial charge in [-0.15, -0.1) is 0 Å². The predicted molar refractivity (Wildman–Crippen MR) is 130 cm³/mol. The zero-order valence-electron chi connectivity index (χ0n) is 17.4. The van der Waals surface area contributed by atoms with Crippen molar-refractivity contribution >= 4 is 53.8 Å². The molecule has 0 saturated carbocycles. The van der Waals surface area contributed by atoms with Crippen LogP contribution < -0.4 is 4.74 Å². The maximum atomic E-state index is 12.2. The van der Waals surface area contributed by atoms with Crippen LogP contribution in [-0.2, 0) is 19.7 Å². The average Bonchev–Trinajstić information content (AvgIpc) is 2.72. The van der Waals surface area contributed by atoms with Crippen LogP contribution in [0.4, 0.5) is 0 Å². The first-order chi connectivity index (χ1) is 15.4. The minimum atomic E-state index is -3.49. The zero-order chi connectivity index (χ0) is 24.0. The van der Waals surface area contributed by atoms with Crippen molar-refractivity contribution in [1.29, 1.82) is 0 Å². The molecule has 0 fully saturated rings. The lowest BCUT2D eigenvalue weighted by atomic mass is 10.0. The minimum absolute atomic E-state index is 0.0348. The second kappa shape index (κ2) is 8.61. The Morgan fingerprint density at radius 2 is 1.55 bits per heavy atom. The van der Waals surface area contributed by atoms with E-state index in [0.29, 0.717) is 32.8 Å². The van der Waals surface area contributed by atoms with Crippen molar-refractivity contribution in [2.24, 2.45) is 0 Å². The summed E-state index contributed by atoms with van der Waals surface area (Å²) in [7, 11) is -6.97. The molecule has 10 heteroatoms. The van der Waals surface area contributed by atoms with Crippen molar-refractivity contribution in [3.63, 3.8) is 0 Å². The number of benzene rings is 3. The summed E-state index contributed by atoms with van der Waals surface area (Å²) < 4.78 is 54.1. The van der Waals surface area contributed by atoms with Crippen molar-refractivity contribution in [2.45, 2.75) is 9.79 Å². The number of rotatable bonds is 5. The largest absolute Gasteiger partial charge is 0.457 e. The molecule has 1 aromatic heterocycles. The van der Waals surface area contributed by atoms with Crippen molar-refractivity contribution in [3.8, 4) is 22.6 Å². The standard InChI is InChI=1S/C23H17Cl2NO5S2/c1-32(27,28)17-11-14(24)10-16(12-17)31-15-6-7-21(25)20(13-15)18-8-9-26-23-19(18)4-3-5-22(23)33(2,29)30/h3-13H,1-2H3. The number of nitrogens with zero attached hydrogens (tertiary/aromatic N) is 1. The van der Waals surface area contributed by atoms with E-state index in [0.717, 1.165) is 12.5 Å². The molecule has 0 aliphatic heterocycles. The van der Waals surface area contributed by atoms with Gasteiger partial charge in [-0.1, -0.05) is 35.3 Å². The maximum absolute atomic E-state index is 12.2. The summed E-state index contributed by atoms with van der Waals surface area (Å²) in [6.45, 7) is 0. The lowest BCUT2D eigenvalue weighted by molar-refractivity contribution is 0.481. The Kier molecular flexibility index (Phi) is 6.13. The first-order valence-electron chi connectivity index (χ1n) is 9.50. The molecule has 0 bridgehead atoms. The van der Waals surface area contributed by atoms with Gasteiger partial charge in [0.2, 0.25) is 0 Å². The number of hydrogen-bond donors (Lipinski definition) is 0. The summed E-state index contributed by atoms with van der Waals surface area (Å²) in [5.74, 6) is 0.635. The molecule has 0 aliphatic rings. The van der Waals surface area contributed by atoms with Crippen LogP contribution in [0.2, 0.25) is 10.0 Å². The van der Waals surface area contributed by atoms with Crippen molar-refractivity contribution in [2.75, 3.05) is 12.5 Å². The van der Waals surface area contributed by atoms with Gasteiger partial charge < -0.3 is 4.74 Å². The summed E-state index contributed by atoms with van der Waals surface area (Å²) in [6.07, 6.45) is 3.74. The van der Waals surface area contributed by atoms with E-state index < -0.39 is 19.7 Å². The van der Waals surface area contributed by atoms with E-state index in [2.05, 4.69) is 4.98 Å². The molecule has 3 aromatic carbocycles. The first-order valence-corrected chi connectivity index (χ1v) is 14.0. The van der Waals surface area contributed by atoms with Crippen LogP contribution in [0.25, 0.3) is 22.0 Å². The monoisotopic (exact) mass is 521 g/mol. The molecule has 170 valence electrons. The molecule has 0 spiro atoms. The van der Waals surface area contributed by atoms with Gasteiger partial charge in [0, 0.05) is 39.7 Å². The number of halogens is 2. The molecule has 0 aliphatic carbocycles. The third kappa shape index (κ3) is 4.99. The Balaban J connectivity index is 1.83. The SMILES string of the molecule is CS(=O)(=O)c1cc(Cl)cc(Oc2ccc(Cl)c(-c3ccnc4c(S(C)(=O)=O)cccc34)c2)c1. The molecule has 6 nitrogen and oxygen atoms in total.